The van der Waals surface area contributed by atoms with Crippen LogP contribution in [0, 0.1) is 0 Å². The lowest BCUT2D eigenvalue weighted by molar-refractivity contribution is -0.899. The highest BCUT2D eigenvalue weighted by molar-refractivity contribution is 4.31. The minimum Gasteiger partial charge on any atom is -1.00 e. The molecule has 0 aliphatic carbocycles. The molecule has 0 aromatic heterocycles. The van der Waals surface area contributed by atoms with Gasteiger partial charge in [-0.05, 0) is 6.42 Å². The lowest BCUT2D eigenvalue weighted by Crippen LogP contribution is -3.00. The van der Waals surface area contributed by atoms with Crippen molar-refractivity contribution in [1.29, 1.82) is 0 Å². The van der Waals surface area contributed by atoms with Gasteiger partial charge in [0.1, 0.15) is 5.22 Å². The van der Waals surface area contributed by atoms with Crippen LogP contribution in [-0.4, -0.2) is 25.2 Å². The van der Waals surface area contributed by atoms with E-state index >= 15 is 0 Å². The molecule has 0 radical (unpaired) electrons. The van der Waals surface area contributed by atoms with Gasteiger partial charge >= 0.3 is 0 Å². The summed E-state index contributed by atoms with van der Waals surface area (Å²) in [6.07, 6.45) is 1.03. The molecule has 0 fully saturated rings. The van der Waals surface area contributed by atoms with Crippen LogP contribution < -0.4 is 17.0 Å². The molecule has 0 bridgehead atoms. The molecule has 4 nitrogen and oxygen atoms in total. The standard InChI is InChI=1S/C5H13N4.BrH/c1-4-5-9(2,3)8-7-6;/h4-5H2,1-3H3;1H/q+1;/p-1. The summed E-state index contributed by atoms with van der Waals surface area (Å²) in [7, 11) is 3.76. The van der Waals surface area contributed by atoms with Gasteiger partial charge in [-0.2, -0.15) is 0 Å². The number of rotatable bonds is 3. The number of hydrogen-bond acceptors (Lipinski definition) is 1. The first-order valence-corrected chi connectivity index (χ1v) is 3.02. The average molecular weight is 209 g/mol. The maximum atomic E-state index is 8.07. The van der Waals surface area contributed by atoms with E-state index in [-0.39, 0.29) is 17.0 Å². The van der Waals surface area contributed by atoms with E-state index in [1.54, 1.807) is 0 Å². The second kappa shape index (κ2) is 5.53. The van der Waals surface area contributed by atoms with Crippen LogP contribution in [0.5, 0.6) is 0 Å². The first-order chi connectivity index (χ1) is 4.12. The van der Waals surface area contributed by atoms with Crippen LogP contribution in [0.25, 0.3) is 10.4 Å². The molecule has 0 aliphatic rings. The Bertz CT molecular complexity index is 128. The number of hydrogen-bond donors (Lipinski definition) is 0. The van der Waals surface area contributed by atoms with E-state index in [1.807, 2.05) is 14.1 Å². The first-order valence-electron chi connectivity index (χ1n) is 3.02. The van der Waals surface area contributed by atoms with Gasteiger partial charge < -0.3 is 17.0 Å². The van der Waals surface area contributed by atoms with Crippen molar-refractivity contribution in [3.63, 3.8) is 0 Å². The van der Waals surface area contributed by atoms with Crippen molar-refractivity contribution < 1.29 is 21.6 Å². The third kappa shape index (κ3) is 5.88. The Morgan fingerprint density at radius 3 is 2.30 bits per heavy atom. The Morgan fingerprint density at radius 2 is 2.00 bits per heavy atom. The molecular weight excluding hydrogens is 196 g/mol. The lowest BCUT2D eigenvalue weighted by atomic mass is 10.4. The summed E-state index contributed by atoms with van der Waals surface area (Å²) in [5, 5.41) is 3.56. The van der Waals surface area contributed by atoms with E-state index in [9.17, 15) is 0 Å². The van der Waals surface area contributed by atoms with Crippen molar-refractivity contribution in [2.75, 3.05) is 20.6 Å². The Morgan fingerprint density at radius 1 is 1.50 bits per heavy atom. The lowest BCUT2D eigenvalue weighted by Gasteiger charge is -2.18. The molecule has 0 unspecified atom stereocenters. The van der Waals surface area contributed by atoms with Crippen molar-refractivity contribution in [3.05, 3.63) is 10.4 Å². The summed E-state index contributed by atoms with van der Waals surface area (Å²) >= 11 is 0. The summed E-state index contributed by atoms with van der Waals surface area (Å²) in [6, 6.07) is 0. The summed E-state index contributed by atoms with van der Waals surface area (Å²) in [6.45, 7) is 2.96. The molecule has 0 rings (SSSR count). The van der Waals surface area contributed by atoms with E-state index in [1.165, 1.54) is 0 Å². The molecule has 0 aromatic carbocycles. The number of quaternary nitrogens is 1. The second-order valence-electron chi connectivity index (χ2n) is 2.52. The van der Waals surface area contributed by atoms with E-state index in [4.69, 9.17) is 5.53 Å². The SMILES string of the molecule is CCC[N+](C)(C)N=[N+]=[N-].[Br-]. The van der Waals surface area contributed by atoms with Gasteiger partial charge in [-0.3, -0.25) is 0 Å². The minimum atomic E-state index is 0. The molecule has 0 heterocycles. The molecule has 0 spiro atoms. The van der Waals surface area contributed by atoms with Crippen molar-refractivity contribution in [1.82, 2.24) is 0 Å². The first kappa shape index (κ1) is 12.4. The van der Waals surface area contributed by atoms with Crippen LogP contribution in [0.15, 0.2) is 5.22 Å². The zero-order valence-corrected chi connectivity index (χ0v) is 8.17. The van der Waals surface area contributed by atoms with Gasteiger partial charge in [0, 0.05) is 5.53 Å². The fraction of sp³-hybridized carbons (Fsp3) is 1.00. The van der Waals surface area contributed by atoms with Crippen molar-refractivity contribution in [2.24, 2.45) is 5.22 Å². The topological polar surface area (TPSA) is 48.8 Å². The molecule has 0 saturated carbocycles. The highest BCUT2D eigenvalue weighted by atomic mass is 79.9. The Labute approximate surface area is 71.8 Å². The Balaban J connectivity index is 0. The second-order valence-corrected chi connectivity index (χ2v) is 2.52. The summed E-state index contributed by atoms with van der Waals surface area (Å²) in [5.74, 6) is 0. The summed E-state index contributed by atoms with van der Waals surface area (Å²) in [5.41, 5.74) is 8.07. The van der Waals surface area contributed by atoms with Crippen LogP contribution in [0.4, 0.5) is 0 Å². The van der Waals surface area contributed by atoms with Gasteiger partial charge in [-0.1, -0.05) is 6.92 Å². The predicted octanol–water partition coefficient (Wildman–Crippen LogP) is -1.30. The quantitative estimate of drug-likeness (QED) is 0.182. The van der Waals surface area contributed by atoms with Crippen molar-refractivity contribution in [3.8, 4) is 0 Å². The maximum absolute atomic E-state index is 8.07. The zero-order valence-electron chi connectivity index (χ0n) is 6.58. The van der Waals surface area contributed by atoms with Crippen LogP contribution in [0.1, 0.15) is 13.3 Å². The van der Waals surface area contributed by atoms with Crippen LogP contribution in [-0.2, 0) is 0 Å². The molecule has 0 atom stereocenters. The van der Waals surface area contributed by atoms with Crippen LogP contribution >= 0.6 is 0 Å². The van der Waals surface area contributed by atoms with Gasteiger partial charge in [0.15, 0.2) is 0 Å². The van der Waals surface area contributed by atoms with Crippen molar-refractivity contribution >= 4 is 0 Å². The van der Waals surface area contributed by atoms with E-state index in [0.29, 0.717) is 4.59 Å². The third-order valence-electron chi connectivity index (χ3n) is 1.05. The smallest absolute Gasteiger partial charge is 0.113 e. The van der Waals surface area contributed by atoms with Gasteiger partial charge in [-0.25, -0.2) is 4.59 Å². The van der Waals surface area contributed by atoms with Crippen LogP contribution in [0.3, 0.4) is 0 Å². The van der Waals surface area contributed by atoms with E-state index in [0.717, 1.165) is 13.0 Å². The molecule has 0 aliphatic heterocycles. The summed E-state index contributed by atoms with van der Waals surface area (Å²) in [4.78, 5) is 2.72. The summed E-state index contributed by atoms with van der Waals surface area (Å²) < 4.78 is 0.396. The number of nitrogens with zero attached hydrogens (tertiary/aromatic N) is 4. The van der Waals surface area contributed by atoms with Crippen molar-refractivity contribution in [2.45, 2.75) is 13.3 Å². The molecule has 5 heteroatoms. The fourth-order valence-electron chi connectivity index (χ4n) is 0.700. The minimum absolute atomic E-state index is 0. The van der Waals surface area contributed by atoms with Gasteiger partial charge in [0.05, 0.1) is 25.6 Å². The molecule has 0 N–H and O–H groups in total. The highest BCUT2D eigenvalue weighted by Gasteiger charge is 2.09. The van der Waals surface area contributed by atoms with Gasteiger partial charge in [-0.15, -0.1) is 0 Å². The molecule has 0 aromatic rings. The normalized spacial score (nSPS) is 9.50. The fourth-order valence-corrected chi connectivity index (χ4v) is 0.700. The van der Waals surface area contributed by atoms with E-state index in [2.05, 4.69) is 17.1 Å². The predicted molar refractivity (Wildman–Crippen MR) is 36.4 cm³/mol. The monoisotopic (exact) mass is 208 g/mol. The Kier molecular flexibility index (Phi) is 6.87. The molecule has 10 heavy (non-hydrogen) atoms. The van der Waals surface area contributed by atoms with Gasteiger partial charge in [0.25, 0.3) is 0 Å². The molecular formula is C5H13BrN4. The molecule has 60 valence electrons. The average Bonchev–Trinajstić information content (AvgIpc) is 1.64. The molecule has 0 saturated heterocycles. The zero-order chi connectivity index (χ0) is 7.33. The van der Waals surface area contributed by atoms with Gasteiger partial charge in [0.2, 0.25) is 0 Å². The maximum Gasteiger partial charge on any atom is 0.113 e. The number of halogens is 1. The Hall–Kier alpha value is -0.250. The molecule has 0 amide bonds. The van der Waals surface area contributed by atoms with E-state index < -0.39 is 0 Å². The third-order valence-corrected chi connectivity index (χ3v) is 1.05. The number of azide groups is 1. The highest BCUT2D eigenvalue weighted by Crippen LogP contribution is 1.98. The largest absolute Gasteiger partial charge is 1.00 e. The van der Waals surface area contributed by atoms with Crippen LogP contribution in [0.2, 0.25) is 0 Å².